The molecule has 134 valence electrons. The molecule has 0 bridgehead atoms. The zero-order valence-corrected chi connectivity index (χ0v) is 16.1. The fourth-order valence-corrected chi connectivity index (χ4v) is 3.11. The molecule has 0 radical (unpaired) electrons. The number of H-pyrrole nitrogens is 1. The molecule has 2 rings (SSSR count). The molecule has 0 fully saturated rings. The molecule has 0 aliphatic rings. The molecule has 0 spiro atoms. The Morgan fingerprint density at radius 2 is 2.00 bits per heavy atom. The van der Waals surface area contributed by atoms with Crippen LogP contribution in [0.5, 0.6) is 5.75 Å². The first-order valence-electron chi connectivity index (χ1n) is 8.13. The number of aryl methyl sites for hydroxylation is 1. The third-order valence-corrected chi connectivity index (χ3v) is 4.30. The Morgan fingerprint density at radius 1 is 1.28 bits per heavy atom. The molecule has 0 saturated carbocycles. The highest BCUT2D eigenvalue weighted by Crippen LogP contribution is 2.27. The van der Waals surface area contributed by atoms with Gasteiger partial charge in [0.1, 0.15) is 17.5 Å². The summed E-state index contributed by atoms with van der Waals surface area (Å²) in [7, 11) is 4.23. The van der Waals surface area contributed by atoms with E-state index in [2.05, 4.69) is 30.9 Å². The number of aromatic amines is 1. The summed E-state index contributed by atoms with van der Waals surface area (Å²) >= 11 is 0. The van der Waals surface area contributed by atoms with E-state index in [4.69, 9.17) is 4.74 Å². The largest absolute Gasteiger partial charge is 0.484 e. The standard InChI is InChI=1S/C18H24N3O3P/c1-5-20-17(22)13-9-14(16(21-13)18(23)19-4)24-11(3)12-7-6-10(2)8-15(12)25/h6-9,11,21H,5,25H2,1-4H3,(H,19,23)(H,20,22). The van der Waals surface area contributed by atoms with E-state index < -0.39 is 0 Å². The fraction of sp³-hybridized carbons (Fsp3) is 0.333. The van der Waals surface area contributed by atoms with Gasteiger partial charge in [-0.3, -0.25) is 9.59 Å². The van der Waals surface area contributed by atoms with Crippen molar-refractivity contribution in [3.8, 4) is 5.75 Å². The second kappa shape index (κ2) is 8.17. The Morgan fingerprint density at radius 3 is 2.60 bits per heavy atom. The third-order valence-electron chi connectivity index (χ3n) is 3.80. The number of benzene rings is 1. The lowest BCUT2D eigenvalue weighted by molar-refractivity contribution is 0.0951. The predicted molar refractivity (Wildman–Crippen MR) is 102 cm³/mol. The molecule has 25 heavy (non-hydrogen) atoms. The Balaban J connectivity index is 2.33. The van der Waals surface area contributed by atoms with Crippen molar-refractivity contribution in [2.45, 2.75) is 26.9 Å². The van der Waals surface area contributed by atoms with Gasteiger partial charge in [0.15, 0.2) is 5.75 Å². The number of amides is 2. The molecule has 6 nitrogen and oxygen atoms in total. The van der Waals surface area contributed by atoms with Gasteiger partial charge in [0.05, 0.1) is 0 Å². The average molecular weight is 361 g/mol. The van der Waals surface area contributed by atoms with Crippen molar-refractivity contribution in [2.75, 3.05) is 13.6 Å². The van der Waals surface area contributed by atoms with Gasteiger partial charge in [-0.1, -0.05) is 23.8 Å². The van der Waals surface area contributed by atoms with Crippen LogP contribution in [-0.4, -0.2) is 30.4 Å². The Hall–Kier alpha value is -2.33. The number of rotatable bonds is 6. The van der Waals surface area contributed by atoms with E-state index in [1.54, 1.807) is 6.07 Å². The summed E-state index contributed by atoms with van der Waals surface area (Å²) in [6, 6.07) is 7.62. The van der Waals surface area contributed by atoms with Crippen LogP contribution < -0.4 is 20.7 Å². The van der Waals surface area contributed by atoms with Gasteiger partial charge in [0.25, 0.3) is 11.8 Å². The van der Waals surface area contributed by atoms with Crippen molar-refractivity contribution in [3.05, 3.63) is 46.8 Å². The maximum atomic E-state index is 12.1. The first-order chi connectivity index (χ1) is 11.9. The van der Waals surface area contributed by atoms with E-state index in [1.807, 2.05) is 32.9 Å². The molecule has 1 aromatic heterocycles. The van der Waals surface area contributed by atoms with Crippen molar-refractivity contribution in [1.29, 1.82) is 0 Å². The minimum atomic E-state index is -0.340. The summed E-state index contributed by atoms with van der Waals surface area (Å²) in [5.41, 5.74) is 2.68. The minimum absolute atomic E-state index is 0.230. The quantitative estimate of drug-likeness (QED) is 0.689. The van der Waals surface area contributed by atoms with Gasteiger partial charge in [-0.15, -0.1) is 9.24 Å². The molecule has 0 saturated heterocycles. The van der Waals surface area contributed by atoms with Gasteiger partial charge in [-0.25, -0.2) is 0 Å². The minimum Gasteiger partial charge on any atom is -0.484 e. The molecular formula is C18H24N3O3P. The lowest BCUT2D eigenvalue weighted by Gasteiger charge is -2.17. The van der Waals surface area contributed by atoms with Crippen LogP contribution in [0.25, 0.3) is 0 Å². The molecule has 2 aromatic rings. The van der Waals surface area contributed by atoms with Gasteiger partial charge in [0.2, 0.25) is 0 Å². The van der Waals surface area contributed by atoms with Crippen LogP contribution in [0, 0.1) is 6.92 Å². The molecule has 1 aromatic carbocycles. The number of hydrogen-bond donors (Lipinski definition) is 3. The lowest BCUT2D eigenvalue weighted by Crippen LogP contribution is -2.23. The van der Waals surface area contributed by atoms with Gasteiger partial charge in [-0.05, 0) is 31.6 Å². The SMILES string of the molecule is CCNC(=O)c1cc(OC(C)c2ccc(C)cc2P)c(C(=O)NC)[nH]1. The summed E-state index contributed by atoms with van der Waals surface area (Å²) in [5.74, 6) is -0.275. The highest BCUT2D eigenvalue weighted by molar-refractivity contribution is 7.27. The summed E-state index contributed by atoms with van der Waals surface area (Å²) in [6.45, 7) is 6.26. The maximum absolute atomic E-state index is 12.1. The van der Waals surface area contributed by atoms with Crippen LogP contribution in [0.15, 0.2) is 24.3 Å². The van der Waals surface area contributed by atoms with Gasteiger partial charge in [0, 0.05) is 19.7 Å². The highest BCUT2D eigenvalue weighted by Gasteiger charge is 2.21. The monoisotopic (exact) mass is 361 g/mol. The van der Waals surface area contributed by atoms with Crippen LogP contribution in [0.4, 0.5) is 0 Å². The van der Waals surface area contributed by atoms with Crippen LogP contribution in [0.3, 0.4) is 0 Å². The van der Waals surface area contributed by atoms with Crippen molar-refractivity contribution < 1.29 is 14.3 Å². The summed E-state index contributed by atoms with van der Waals surface area (Å²) in [4.78, 5) is 27.0. The first-order valence-corrected chi connectivity index (χ1v) is 8.71. The normalized spacial score (nSPS) is 11.7. The maximum Gasteiger partial charge on any atom is 0.271 e. The Kier molecular flexibility index (Phi) is 6.21. The molecule has 1 heterocycles. The Labute approximate surface area is 149 Å². The van der Waals surface area contributed by atoms with Gasteiger partial charge in [-0.2, -0.15) is 0 Å². The van der Waals surface area contributed by atoms with Crippen LogP contribution in [0.2, 0.25) is 0 Å². The molecule has 2 unspecified atom stereocenters. The second-order valence-electron chi connectivity index (χ2n) is 5.75. The van der Waals surface area contributed by atoms with Gasteiger partial charge >= 0.3 is 0 Å². The molecule has 3 N–H and O–H groups in total. The molecule has 0 aliphatic heterocycles. The summed E-state index contributed by atoms with van der Waals surface area (Å²) < 4.78 is 6.00. The molecule has 2 amide bonds. The topological polar surface area (TPSA) is 83.2 Å². The second-order valence-corrected chi connectivity index (χ2v) is 6.38. The van der Waals surface area contributed by atoms with Crippen molar-refractivity contribution >= 4 is 26.4 Å². The zero-order chi connectivity index (χ0) is 18.6. The molecule has 7 heteroatoms. The number of hydrogen-bond acceptors (Lipinski definition) is 3. The van der Waals surface area contributed by atoms with Crippen LogP contribution >= 0.6 is 9.24 Å². The molecule has 2 atom stereocenters. The number of nitrogens with one attached hydrogen (secondary N) is 3. The van der Waals surface area contributed by atoms with Crippen molar-refractivity contribution in [3.63, 3.8) is 0 Å². The third kappa shape index (κ3) is 4.40. The molecule has 0 aliphatic carbocycles. The number of ether oxygens (including phenoxy) is 1. The number of carbonyl (C=O) groups excluding carboxylic acids is 2. The van der Waals surface area contributed by atoms with E-state index in [0.29, 0.717) is 12.3 Å². The average Bonchev–Trinajstić information content (AvgIpc) is 2.98. The smallest absolute Gasteiger partial charge is 0.271 e. The summed E-state index contributed by atoms with van der Waals surface area (Å²) in [5, 5.41) is 6.29. The zero-order valence-electron chi connectivity index (χ0n) is 14.9. The number of carbonyl (C=O) groups is 2. The van der Waals surface area contributed by atoms with Crippen molar-refractivity contribution in [1.82, 2.24) is 15.6 Å². The van der Waals surface area contributed by atoms with E-state index in [9.17, 15) is 9.59 Å². The summed E-state index contributed by atoms with van der Waals surface area (Å²) in [6.07, 6.45) is -0.283. The van der Waals surface area contributed by atoms with Crippen LogP contribution in [-0.2, 0) is 0 Å². The van der Waals surface area contributed by atoms with E-state index in [-0.39, 0.29) is 29.3 Å². The van der Waals surface area contributed by atoms with Crippen molar-refractivity contribution in [2.24, 2.45) is 0 Å². The van der Waals surface area contributed by atoms with E-state index >= 15 is 0 Å². The number of aromatic nitrogens is 1. The highest BCUT2D eigenvalue weighted by atomic mass is 31.0. The van der Waals surface area contributed by atoms with Gasteiger partial charge < -0.3 is 20.4 Å². The van der Waals surface area contributed by atoms with Crippen LogP contribution in [0.1, 0.15) is 52.1 Å². The first kappa shape index (κ1) is 19.0. The predicted octanol–water partition coefficient (Wildman–Crippen LogP) is 2.07. The van der Waals surface area contributed by atoms with E-state index in [1.165, 1.54) is 7.05 Å². The fourth-order valence-electron chi connectivity index (χ4n) is 2.52. The lowest BCUT2D eigenvalue weighted by atomic mass is 10.1. The Bertz CT molecular complexity index is 786. The molecular weight excluding hydrogens is 337 g/mol. The van der Waals surface area contributed by atoms with E-state index in [0.717, 1.165) is 16.4 Å².